The summed E-state index contributed by atoms with van der Waals surface area (Å²) < 4.78 is 0. The topological polar surface area (TPSA) is 36.4 Å². The fraction of sp³-hybridized carbons (Fsp3) is 0.261. The molecule has 0 bridgehead atoms. The van der Waals surface area contributed by atoms with Crippen LogP contribution in [-0.4, -0.2) is 28.1 Å². The van der Waals surface area contributed by atoms with Crippen LogP contribution in [-0.2, 0) is 13.2 Å². The summed E-state index contributed by atoms with van der Waals surface area (Å²) in [7, 11) is 0. The van der Waals surface area contributed by atoms with Gasteiger partial charge < -0.3 is 5.11 Å². The highest BCUT2D eigenvalue weighted by Crippen LogP contribution is 2.38. The van der Waals surface area contributed by atoms with E-state index in [0.717, 1.165) is 53.3 Å². The van der Waals surface area contributed by atoms with Gasteiger partial charge in [0.15, 0.2) is 0 Å². The van der Waals surface area contributed by atoms with Gasteiger partial charge in [-0.25, -0.2) is 0 Å². The highest BCUT2D eigenvalue weighted by molar-refractivity contribution is 6.36. The summed E-state index contributed by atoms with van der Waals surface area (Å²) >= 11 is 18.7. The lowest BCUT2D eigenvalue weighted by Gasteiger charge is -2.20. The molecular formula is C23H21Cl3N2O. The first-order valence-electron chi connectivity index (χ1n) is 9.62. The summed E-state index contributed by atoms with van der Waals surface area (Å²) in [4.78, 5) is 7.39. The van der Waals surface area contributed by atoms with Crippen LogP contribution in [0.4, 0.5) is 0 Å². The first-order valence-corrected chi connectivity index (χ1v) is 10.8. The van der Waals surface area contributed by atoms with Crippen LogP contribution in [0.1, 0.15) is 24.1 Å². The number of aromatic nitrogens is 1. The standard InChI is InChI=1S/C23H21Cl3N2O/c24-17-5-3-15(4-6-17)23-20(19-8-7-18(25)12-21(19)26)11-16(14-29)22(27-23)13-28-9-1-2-10-28/h3-8,11-12,29H,1-2,9-10,13-14H2. The number of aliphatic hydroxyl groups is 1. The van der Waals surface area contributed by atoms with Crippen molar-refractivity contribution in [3.8, 4) is 22.4 Å². The molecule has 2 aromatic carbocycles. The third kappa shape index (κ3) is 4.60. The van der Waals surface area contributed by atoms with Crippen LogP contribution in [0.5, 0.6) is 0 Å². The molecule has 1 fully saturated rings. The van der Waals surface area contributed by atoms with E-state index in [1.165, 1.54) is 12.8 Å². The van der Waals surface area contributed by atoms with Gasteiger partial charge >= 0.3 is 0 Å². The molecule has 0 saturated carbocycles. The van der Waals surface area contributed by atoms with Gasteiger partial charge in [0, 0.05) is 43.9 Å². The molecular weight excluding hydrogens is 427 g/mol. The summed E-state index contributed by atoms with van der Waals surface area (Å²) in [6.07, 6.45) is 2.41. The predicted molar refractivity (Wildman–Crippen MR) is 121 cm³/mol. The molecule has 1 saturated heterocycles. The smallest absolute Gasteiger partial charge is 0.0785 e. The van der Waals surface area contributed by atoms with Gasteiger partial charge in [-0.1, -0.05) is 53.0 Å². The zero-order chi connectivity index (χ0) is 20.4. The molecule has 0 aliphatic carbocycles. The van der Waals surface area contributed by atoms with Crippen molar-refractivity contribution in [1.82, 2.24) is 9.88 Å². The highest BCUT2D eigenvalue weighted by atomic mass is 35.5. The maximum absolute atomic E-state index is 10.0. The molecule has 3 nitrogen and oxygen atoms in total. The molecule has 6 heteroatoms. The van der Waals surface area contributed by atoms with Crippen molar-refractivity contribution >= 4 is 34.8 Å². The third-order valence-electron chi connectivity index (χ3n) is 5.27. The molecule has 0 spiro atoms. The predicted octanol–water partition coefficient (Wildman–Crippen LogP) is 6.46. The molecule has 4 rings (SSSR count). The Morgan fingerprint density at radius 2 is 1.55 bits per heavy atom. The molecule has 29 heavy (non-hydrogen) atoms. The molecule has 2 heterocycles. The number of pyridine rings is 1. The Hall–Kier alpha value is -1.62. The molecule has 150 valence electrons. The van der Waals surface area contributed by atoms with Crippen LogP contribution in [0.3, 0.4) is 0 Å². The molecule has 3 aromatic rings. The second-order valence-corrected chi connectivity index (χ2v) is 8.54. The van der Waals surface area contributed by atoms with E-state index in [1.54, 1.807) is 6.07 Å². The van der Waals surface area contributed by atoms with Gasteiger partial charge in [-0.15, -0.1) is 0 Å². The molecule has 0 unspecified atom stereocenters. The van der Waals surface area contributed by atoms with E-state index in [-0.39, 0.29) is 6.61 Å². The fourth-order valence-electron chi connectivity index (χ4n) is 3.76. The Labute approximate surface area is 185 Å². The molecule has 0 atom stereocenters. The first-order chi connectivity index (χ1) is 14.0. The van der Waals surface area contributed by atoms with Crippen molar-refractivity contribution in [2.75, 3.05) is 13.1 Å². The van der Waals surface area contributed by atoms with Gasteiger partial charge in [0.05, 0.1) is 18.0 Å². The lowest BCUT2D eigenvalue weighted by Crippen LogP contribution is -2.20. The number of aliphatic hydroxyl groups excluding tert-OH is 1. The van der Waals surface area contributed by atoms with Crippen LogP contribution >= 0.6 is 34.8 Å². The van der Waals surface area contributed by atoms with E-state index < -0.39 is 0 Å². The van der Waals surface area contributed by atoms with Crippen molar-refractivity contribution in [1.29, 1.82) is 0 Å². The van der Waals surface area contributed by atoms with Gasteiger partial charge in [0.25, 0.3) is 0 Å². The highest BCUT2D eigenvalue weighted by Gasteiger charge is 2.20. The summed E-state index contributed by atoms with van der Waals surface area (Å²) in [5.41, 5.74) is 5.17. The van der Waals surface area contributed by atoms with E-state index >= 15 is 0 Å². The Morgan fingerprint density at radius 1 is 0.862 bits per heavy atom. The van der Waals surface area contributed by atoms with Crippen molar-refractivity contribution in [2.45, 2.75) is 26.0 Å². The number of rotatable bonds is 5. The van der Waals surface area contributed by atoms with E-state index in [0.29, 0.717) is 15.1 Å². The lowest BCUT2D eigenvalue weighted by atomic mass is 9.96. The lowest BCUT2D eigenvalue weighted by molar-refractivity contribution is 0.273. The Kier molecular flexibility index (Phi) is 6.43. The number of benzene rings is 2. The fourth-order valence-corrected chi connectivity index (χ4v) is 4.40. The van der Waals surface area contributed by atoms with Crippen LogP contribution in [0.15, 0.2) is 48.5 Å². The number of nitrogens with zero attached hydrogens (tertiary/aromatic N) is 2. The molecule has 0 radical (unpaired) electrons. The van der Waals surface area contributed by atoms with Crippen LogP contribution in [0.2, 0.25) is 15.1 Å². The van der Waals surface area contributed by atoms with Crippen molar-refractivity contribution in [2.24, 2.45) is 0 Å². The second-order valence-electron chi connectivity index (χ2n) is 7.26. The SMILES string of the molecule is OCc1cc(-c2ccc(Cl)cc2Cl)c(-c2ccc(Cl)cc2)nc1CN1CCCC1. The monoisotopic (exact) mass is 446 g/mol. The molecule has 0 amide bonds. The van der Waals surface area contributed by atoms with Gasteiger partial charge in [-0.2, -0.15) is 0 Å². The summed E-state index contributed by atoms with van der Waals surface area (Å²) in [5, 5.41) is 11.8. The van der Waals surface area contributed by atoms with Crippen LogP contribution < -0.4 is 0 Å². The maximum Gasteiger partial charge on any atom is 0.0785 e. The molecule has 1 aliphatic heterocycles. The van der Waals surface area contributed by atoms with E-state index in [9.17, 15) is 5.11 Å². The third-order valence-corrected chi connectivity index (χ3v) is 6.07. The summed E-state index contributed by atoms with van der Waals surface area (Å²) in [6.45, 7) is 2.78. The van der Waals surface area contributed by atoms with Gasteiger partial charge in [-0.3, -0.25) is 9.88 Å². The molecule has 1 aromatic heterocycles. The zero-order valence-corrected chi connectivity index (χ0v) is 18.1. The first kappa shape index (κ1) is 20.6. The zero-order valence-electron chi connectivity index (χ0n) is 15.8. The number of likely N-dealkylation sites (tertiary alicyclic amines) is 1. The quantitative estimate of drug-likeness (QED) is 0.487. The minimum absolute atomic E-state index is 0.0741. The number of hydrogen-bond donors (Lipinski definition) is 1. The number of hydrogen-bond acceptors (Lipinski definition) is 3. The van der Waals surface area contributed by atoms with E-state index in [1.807, 2.05) is 42.5 Å². The average molecular weight is 448 g/mol. The van der Waals surface area contributed by atoms with Crippen LogP contribution in [0, 0.1) is 0 Å². The van der Waals surface area contributed by atoms with E-state index in [2.05, 4.69) is 4.90 Å². The second kappa shape index (κ2) is 9.03. The minimum Gasteiger partial charge on any atom is -0.392 e. The average Bonchev–Trinajstić information content (AvgIpc) is 3.22. The minimum atomic E-state index is -0.0741. The molecule has 1 aliphatic rings. The van der Waals surface area contributed by atoms with Crippen molar-refractivity contribution < 1.29 is 5.11 Å². The van der Waals surface area contributed by atoms with Gasteiger partial charge in [0.1, 0.15) is 0 Å². The van der Waals surface area contributed by atoms with Gasteiger partial charge in [0.2, 0.25) is 0 Å². The summed E-state index contributed by atoms with van der Waals surface area (Å²) in [5.74, 6) is 0. The Bertz CT molecular complexity index is 1020. The number of halogens is 3. The largest absolute Gasteiger partial charge is 0.392 e. The van der Waals surface area contributed by atoms with Crippen LogP contribution in [0.25, 0.3) is 22.4 Å². The van der Waals surface area contributed by atoms with E-state index in [4.69, 9.17) is 39.8 Å². The normalized spacial score (nSPS) is 14.5. The van der Waals surface area contributed by atoms with Gasteiger partial charge in [-0.05, 0) is 56.3 Å². The van der Waals surface area contributed by atoms with Crippen molar-refractivity contribution in [3.63, 3.8) is 0 Å². The summed E-state index contributed by atoms with van der Waals surface area (Å²) in [6, 6.07) is 15.0. The Morgan fingerprint density at radius 3 is 2.21 bits per heavy atom. The Balaban J connectivity index is 1.88. The van der Waals surface area contributed by atoms with Crippen molar-refractivity contribution in [3.05, 3.63) is 74.9 Å². The molecule has 1 N–H and O–H groups in total. The maximum atomic E-state index is 10.0.